The molecule has 1 atom stereocenters. The van der Waals surface area contributed by atoms with E-state index in [0.717, 1.165) is 24.4 Å². The molecule has 1 aliphatic heterocycles. The lowest BCUT2D eigenvalue weighted by Gasteiger charge is -2.26. The fourth-order valence-electron chi connectivity index (χ4n) is 3.45. The minimum absolute atomic E-state index is 0. The molecule has 1 fully saturated rings. The van der Waals surface area contributed by atoms with Crippen molar-refractivity contribution < 1.29 is 17.9 Å². The van der Waals surface area contributed by atoms with E-state index in [0.29, 0.717) is 24.8 Å². The van der Waals surface area contributed by atoms with Crippen LogP contribution in [0.1, 0.15) is 30.2 Å². The van der Waals surface area contributed by atoms with E-state index in [1.54, 1.807) is 31.5 Å². The Kier molecular flexibility index (Phi) is 10.4. The van der Waals surface area contributed by atoms with Gasteiger partial charge in [-0.2, -0.15) is 0 Å². The highest BCUT2D eigenvalue weighted by Crippen LogP contribution is 2.24. The highest BCUT2D eigenvalue weighted by Gasteiger charge is 2.25. The number of nitrogens with zero attached hydrogens (tertiary/aromatic N) is 2. The number of benzene rings is 1. The summed E-state index contributed by atoms with van der Waals surface area (Å²) in [6.45, 7) is 2.69. The first-order chi connectivity index (χ1) is 14.2. The molecule has 1 saturated heterocycles. The van der Waals surface area contributed by atoms with Crippen LogP contribution in [0.25, 0.3) is 0 Å². The van der Waals surface area contributed by atoms with Crippen molar-refractivity contribution in [1.29, 1.82) is 0 Å². The van der Waals surface area contributed by atoms with Gasteiger partial charge in [0.15, 0.2) is 5.96 Å². The molecule has 1 aromatic carbocycles. The Bertz CT molecular complexity index is 768. The molecule has 0 amide bonds. The monoisotopic (exact) mass is 534 g/mol. The quantitative estimate of drug-likeness (QED) is 0.289. The molecule has 9 heteroatoms. The van der Waals surface area contributed by atoms with Crippen LogP contribution in [0.2, 0.25) is 0 Å². The number of aliphatic imine (C=N–C) groups is 1. The van der Waals surface area contributed by atoms with Crippen molar-refractivity contribution in [3.63, 3.8) is 0 Å². The lowest BCUT2D eigenvalue weighted by Crippen LogP contribution is -2.42. The summed E-state index contributed by atoms with van der Waals surface area (Å²) in [5.74, 6) is 2.04. The lowest BCUT2D eigenvalue weighted by atomic mass is 10.2. The summed E-state index contributed by atoms with van der Waals surface area (Å²) in [6, 6.07) is 11.2. The topological polar surface area (TPSA) is 62.0 Å². The second kappa shape index (κ2) is 12.7. The molecule has 0 bridgehead atoms. The van der Waals surface area contributed by atoms with E-state index >= 15 is 0 Å². The molecule has 2 heterocycles. The SMILES string of the molecule is CN=C(NCc1cccc(OCC(F)F)c1)NCC(c1ccco1)N1CCCC1.I. The fourth-order valence-corrected chi connectivity index (χ4v) is 3.45. The number of alkyl halides is 2. The second-order valence-corrected chi connectivity index (χ2v) is 6.93. The number of ether oxygens (including phenoxy) is 1. The van der Waals surface area contributed by atoms with Crippen LogP contribution >= 0.6 is 24.0 Å². The third-order valence-corrected chi connectivity index (χ3v) is 4.87. The first kappa shape index (κ1) is 24.4. The smallest absolute Gasteiger partial charge is 0.272 e. The summed E-state index contributed by atoms with van der Waals surface area (Å²) in [7, 11) is 1.72. The molecule has 0 saturated carbocycles. The normalized spacial score (nSPS) is 15.7. The van der Waals surface area contributed by atoms with E-state index in [-0.39, 0.29) is 30.0 Å². The van der Waals surface area contributed by atoms with Gasteiger partial charge in [0.2, 0.25) is 0 Å². The van der Waals surface area contributed by atoms with Gasteiger partial charge in [-0.15, -0.1) is 24.0 Å². The Balaban J connectivity index is 0.00000320. The number of likely N-dealkylation sites (tertiary alicyclic amines) is 1. The van der Waals surface area contributed by atoms with Crippen molar-refractivity contribution in [1.82, 2.24) is 15.5 Å². The summed E-state index contributed by atoms with van der Waals surface area (Å²) >= 11 is 0. The van der Waals surface area contributed by atoms with E-state index in [1.807, 2.05) is 18.2 Å². The van der Waals surface area contributed by atoms with Gasteiger partial charge in [-0.05, 0) is 55.8 Å². The van der Waals surface area contributed by atoms with Crippen LogP contribution in [0, 0.1) is 0 Å². The van der Waals surface area contributed by atoms with Crippen LogP contribution in [0.4, 0.5) is 8.78 Å². The number of rotatable bonds is 9. The predicted molar refractivity (Wildman–Crippen MR) is 124 cm³/mol. The largest absolute Gasteiger partial charge is 0.488 e. The predicted octanol–water partition coefficient (Wildman–Crippen LogP) is 4.04. The van der Waals surface area contributed by atoms with E-state index in [9.17, 15) is 8.78 Å². The number of hydrogen-bond donors (Lipinski definition) is 2. The van der Waals surface area contributed by atoms with Gasteiger partial charge in [-0.1, -0.05) is 12.1 Å². The maximum Gasteiger partial charge on any atom is 0.272 e. The number of halogens is 3. The molecule has 0 spiro atoms. The molecular formula is C21H29F2IN4O2. The van der Waals surface area contributed by atoms with Crippen LogP contribution in [-0.4, -0.2) is 50.6 Å². The van der Waals surface area contributed by atoms with Gasteiger partial charge < -0.3 is 19.8 Å². The summed E-state index contributed by atoms with van der Waals surface area (Å²) < 4.78 is 35.4. The number of hydrogen-bond acceptors (Lipinski definition) is 4. The maximum atomic E-state index is 12.3. The average Bonchev–Trinajstić information content (AvgIpc) is 3.44. The zero-order valence-electron chi connectivity index (χ0n) is 17.0. The Morgan fingerprint density at radius 2 is 2.00 bits per heavy atom. The lowest BCUT2D eigenvalue weighted by molar-refractivity contribution is 0.0818. The van der Waals surface area contributed by atoms with Crippen molar-refractivity contribution in [2.45, 2.75) is 31.9 Å². The molecule has 30 heavy (non-hydrogen) atoms. The zero-order chi connectivity index (χ0) is 20.5. The molecule has 2 aromatic rings. The zero-order valence-corrected chi connectivity index (χ0v) is 19.4. The van der Waals surface area contributed by atoms with Gasteiger partial charge in [0.05, 0.1) is 12.3 Å². The first-order valence-corrected chi connectivity index (χ1v) is 9.87. The highest BCUT2D eigenvalue weighted by atomic mass is 127. The third kappa shape index (κ3) is 7.42. The third-order valence-electron chi connectivity index (χ3n) is 4.87. The minimum atomic E-state index is -2.49. The molecule has 3 rings (SSSR count). The van der Waals surface area contributed by atoms with Crippen LogP contribution in [0.5, 0.6) is 5.75 Å². The maximum absolute atomic E-state index is 12.3. The molecule has 0 radical (unpaired) electrons. The van der Waals surface area contributed by atoms with Crippen molar-refractivity contribution in [3.8, 4) is 5.75 Å². The summed E-state index contributed by atoms with van der Waals surface area (Å²) in [4.78, 5) is 6.70. The molecular weight excluding hydrogens is 505 g/mol. The van der Waals surface area contributed by atoms with E-state index in [1.165, 1.54) is 12.8 Å². The summed E-state index contributed by atoms with van der Waals surface area (Å²) in [5, 5.41) is 6.62. The van der Waals surface area contributed by atoms with Crippen molar-refractivity contribution in [2.24, 2.45) is 4.99 Å². The van der Waals surface area contributed by atoms with Crippen LogP contribution < -0.4 is 15.4 Å². The molecule has 1 aromatic heterocycles. The highest BCUT2D eigenvalue weighted by molar-refractivity contribution is 14.0. The van der Waals surface area contributed by atoms with Crippen molar-refractivity contribution >= 4 is 29.9 Å². The molecule has 1 aliphatic rings. The molecule has 1 unspecified atom stereocenters. The minimum Gasteiger partial charge on any atom is -0.488 e. The Labute approximate surface area is 193 Å². The van der Waals surface area contributed by atoms with Gasteiger partial charge in [-0.3, -0.25) is 9.89 Å². The Morgan fingerprint density at radius 1 is 1.20 bits per heavy atom. The van der Waals surface area contributed by atoms with Crippen LogP contribution in [0.3, 0.4) is 0 Å². The Hall–Kier alpha value is -1.88. The van der Waals surface area contributed by atoms with Gasteiger partial charge in [0.25, 0.3) is 6.43 Å². The summed E-state index contributed by atoms with van der Waals surface area (Å²) in [6.07, 6.45) is 1.62. The van der Waals surface area contributed by atoms with Gasteiger partial charge >= 0.3 is 0 Å². The van der Waals surface area contributed by atoms with Crippen LogP contribution in [0.15, 0.2) is 52.1 Å². The van der Waals surface area contributed by atoms with E-state index in [4.69, 9.17) is 9.15 Å². The van der Waals surface area contributed by atoms with E-state index in [2.05, 4.69) is 20.5 Å². The number of guanidine groups is 1. The van der Waals surface area contributed by atoms with Gasteiger partial charge in [0, 0.05) is 20.1 Å². The van der Waals surface area contributed by atoms with Crippen molar-refractivity contribution in [2.75, 3.05) is 33.3 Å². The standard InChI is InChI=1S/C21H28F2N4O2.HI/c1-24-21(25-13-16-6-4-7-17(12-16)29-15-20(22)23)26-14-18(19-8-5-11-28-19)27-9-2-3-10-27;/h4-8,11-12,18,20H,2-3,9-10,13-15H2,1H3,(H2,24,25,26);1H. The number of furan rings is 1. The molecule has 2 N–H and O–H groups in total. The number of nitrogens with one attached hydrogen (secondary N) is 2. The Morgan fingerprint density at radius 3 is 2.67 bits per heavy atom. The van der Waals surface area contributed by atoms with Crippen LogP contribution in [-0.2, 0) is 6.54 Å². The van der Waals surface area contributed by atoms with Crippen molar-refractivity contribution in [3.05, 3.63) is 54.0 Å². The molecule has 0 aliphatic carbocycles. The molecule has 6 nitrogen and oxygen atoms in total. The van der Waals surface area contributed by atoms with Gasteiger partial charge in [-0.25, -0.2) is 8.78 Å². The molecule has 166 valence electrons. The fraction of sp³-hybridized carbons (Fsp3) is 0.476. The second-order valence-electron chi connectivity index (χ2n) is 6.93. The van der Waals surface area contributed by atoms with Gasteiger partial charge in [0.1, 0.15) is 18.1 Å². The first-order valence-electron chi connectivity index (χ1n) is 9.87. The summed E-state index contributed by atoms with van der Waals surface area (Å²) in [5.41, 5.74) is 0.918. The van der Waals surface area contributed by atoms with E-state index < -0.39 is 13.0 Å². The average molecular weight is 534 g/mol.